The smallest absolute Gasteiger partial charge is 0.320 e. The molecule has 0 radical (unpaired) electrons. The number of carboxylic acid groups (broad SMARTS) is 1. The number of rotatable bonds is 1. The molecule has 1 N–H and O–H groups in total. The minimum Gasteiger partial charge on any atom is -0.481 e. The number of hydrogen-bond donors (Lipinski definition) is 1. The molecule has 2 rings (SSSR count). The number of carboxylic acids is 1. The van der Waals surface area contributed by atoms with E-state index < -0.39 is 11.9 Å². The molecule has 5 heteroatoms. The zero-order chi connectivity index (χ0) is 13.3. The highest BCUT2D eigenvalue weighted by Gasteiger charge is 2.36. The number of aliphatic carboxylic acids is 1. The van der Waals surface area contributed by atoms with Crippen LogP contribution in [0, 0.1) is 11.3 Å². The maximum atomic E-state index is 12.3. The summed E-state index contributed by atoms with van der Waals surface area (Å²) < 4.78 is 0. The fraction of sp³-hybridized carbons (Fsp3) is 0.846. The van der Waals surface area contributed by atoms with Gasteiger partial charge < -0.3 is 14.9 Å². The van der Waals surface area contributed by atoms with E-state index >= 15 is 0 Å². The standard InChI is InChI=1S/C13H22N2O3/c1-13(2)5-7-15(9-13)12(18)14-6-3-4-10(8-14)11(16)17/h10H,3-9H2,1-2H3,(H,16,17). The molecule has 0 spiro atoms. The van der Waals surface area contributed by atoms with Crippen LogP contribution in [-0.2, 0) is 4.79 Å². The van der Waals surface area contributed by atoms with Gasteiger partial charge in [0.1, 0.15) is 0 Å². The third-order valence-electron chi connectivity index (χ3n) is 3.99. The average Bonchev–Trinajstić information content (AvgIpc) is 2.69. The molecule has 1 atom stereocenters. The van der Waals surface area contributed by atoms with Gasteiger partial charge in [-0.25, -0.2) is 4.79 Å². The zero-order valence-corrected chi connectivity index (χ0v) is 11.2. The molecule has 0 aromatic rings. The summed E-state index contributed by atoms with van der Waals surface area (Å²) in [6.07, 6.45) is 2.50. The lowest BCUT2D eigenvalue weighted by atomic mass is 9.93. The van der Waals surface area contributed by atoms with Gasteiger partial charge in [-0.1, -0.05) is 13.8 Å². The summed E-state index contributed by atoms with van der Waals surface area (Å²) in [5, 5.41) is 9.03. The molecule has 2 amide bonds. The van der Waals surface area contributed by atoms with Crippen molar-refractivity contribution in [2.75, 3.05) is 26.2 Å². The number of piperidine rings is 1. The van der Waals surface area contributed by atoms with E-state index in [2.05, 4.69) is 13.8 Å². The van der Waals surface area contributed by atoms with Gasteiger partial charge >= 0.3 is 12.0 Å². The van der Waals surface area contributed by atoms with E-state index in [1.807, 2.05) is 4.90 Å². The van der Waals surface area contributed by atoms with Crippen LogP contribution in [0.4, 0.5) is 4.79 Å². The van der Waals surface area contributed by atoms with E-state index in [9.17, 15) is 9.59 Å². The van der Waals surface area contributed by atoms with Gasteiger partial charge in [0.05, 0.1) is 5.92 Å². The minimum atomic E-state index is -0.783. The zero-order valence-electron chi connectivity index (χ0n) is 11.2. The summed E-state index contributed by atoms with van der Waals surface area (Å²) in [7, 11) is 0. The topological polar surface area (TPSA) is 60.9 Å². The van der Waals surface area contributed by atoms with Crippen molar-refractivity contribution < 1.29 is 14.7 Å². The highest BCUT2D eigenvalue weighted by Crippen LogP contribution is 2.30. The lowest BCUT2D eigenvalue weighted by Crippen LogP contribution is -2.48. The van der Waals surface area contributed by atoms with Gasteiger partial charge in [0.2, 0.25) is 0 Å². The van der Waals surface area contributed by atoms with Crippen LogP contribution in [0.25, 0.3) is 0 Å². The Morgan fingerprint density at radius 3 is 2.50 bits per heavy atom. The second-order valence-electron chi connectivity index (χ2n) is 6.24. The van der Waals surface area contributed by atoms with Crippen LogP contribution >= 0.6 is 0 Å². The van der Waals surface area contributed by atoms with Crippen molar-refractivity contribution in [1.29, 1.82) is 0 Å². The average molecular weight is 254 g/mol. The van der Waals surface area contributed by atoms with Crippen molar-refractivity contribution in [3.05, 3.63) is 0 Å². The molecule has 2 heterocycles. The third-order valence-corrected chi connectivity index (χ3v) is 3.99. The predicted molar refractivity (Wildman–Crippen MR) is 67.3 cm³/mol. The first kappa shape index (κ1) is 13.2. The quantitative estimate of drug-likeness (QED) is 0.773. The highest BCUT2D eigenvalue weighted by molar-refractivity contribution is 5.77. The summed E-state index contributed by atoms with van der Waals surface area (Å²) in [4.78, 5) is 26.9. The Morgan fingerprint density at radius 1 is 1.22 bits per heavy atom. The van der Waals surface area contributed by atoms with E-state index in [0.29, 0.717) is 19.5 Å². The van der Waals surface area contributed by atoms with Gasteiger partial charge in [0, 0.05) is 26.2 Å². The third kappa shape index (κ3) is 2.76. The fourth-order valence-electron chi connectivity index (χ4n) is 2.83. The van der Waals surface area contributed by atoms with Crippen LogP contribution in [0.15, 0.2) is 0 Å². The molecule has 5 nitrogen and oxygen atoms in total. The first-order valence-electron chi connectivity index (χ1n) is 6.66. The summed E-state index contributed by atoms with van der Waals surface area (Å²) in [6.45, 7) is 6.96. The first-order valence-corrected chi connectivity index (χ1v) is 6.66. The van der Waals surface area contributed by atoms with Crippen LogP contribution in [0.5, 0.6) is 0 Å². The number of amides is 2. The molecule has 1 unspecified atom stereocenters. The minimum absolute atomic E-state index is 0.0199. The molecule has 0 aromatic heterocycles. The molecule has 2 fully saturated rings. The molecule has 2 aliphatic heterocycles. The monoisotopic (exact) mass is 254 g/mol. The Kier molecular flexibility index (Phi) is 3.50. The van der Waals surface area contributed by atoms with Crippen molar-refractivity contribution in [2.24, 2.45) is 11.3 Å². The summed E-state index contributed by atoms with van der Waals surface area (Å²) in [5.41, 5.74) is 0.192. The number of carbonyl (C=O) groups excluding carboxylic acids is 1. The Bertz CT molecular complexity index is 354. The van der Waals surface area contributed by atoms with E-state index in [4.69, 9.17) is 5.11 Å². The van der Waals surface area contributed by atoms with Crippen LogP contribution < -0.4 is 0 Å². The molecular formula is C13H22N2O3. The number of nitrogens with zero attached hydrogens (tertiary/aromatic N) is 2. The number of likely N-dealkylation sites (tertiary alicyclic amines) is 2. The van der Waals surface area contributed by atoms with Gasteiger partial charge in [-0.3, -0.25) is 4.79 Å². The van der Waals surface area contributed by atoms with Crippen LogP contribution in [0.1, 0.15) is 33.1 Å². The van der Waals surface area contributed by atoms with Gasteiger partial charge in [0.25, 0.3) is 0 Å². The molecule has 0 aliphatic carbocycles. The molecule has 0 bridgehead atoms. The van der Waals surface area contributed by atoms with Gasteiger partial charge in [-0.05, 0) is 24.7 Å². The number of hydrogen-bond acceptors (Lipinski definition) is 2. The molecular weight excluding hydrogens is 232 g/mol. The van der Waals surface area contributed by atoms with Crippen LogP contribution in [0.3, 0.4) is 0 Å². The second-order valence-corrected chi connectivity index (χ2v) is 6.24. The van der Waals surface area contributed by atoms with Crippen molar-refractivity contribution in [3.8, 4) is 0 Å². The molecule has 102 valence electrons. The van der Waals surface area contributed by atoms with Crippen LogP contribution in [-0.4, -0.2) is 53.1 Å². The Balaban J connectivity index is 1.95. The fourth-order valence-corrected chi connectivity index (χ4v) is 2.83. The summed E-state index contributed by atoms with van der Waals surface area (Å²) in [5.74, 6) is -1.17. The lowest BCUT2D eigenvalue weighted by molar-refractivity contribution is -0.143. The molecule has 0 aromatic carbocycles. The van der Waals surface area contributed by atoms with Gasteiger partial charge in [-0.2, -0.15) is 0 Å². The van der Waals surface area contributed by atoms with E-state index in [-0.39, 0.29) is 11.4 Å². The summed E-state index contributed by atoms with van der Waals surface area (Å²) >= 11 is 0. The lowest BCUT2D eigenvalue weighted by Gasteiger charge is -2.34. The molecule has 2 saturated heterocycles. The van der Waals surface area contributed by atoms with E-state index in [1.54, 1.807) is 4.90 Å². The normalized spacial score (nSPS) is 27.3. The van der Waals surface area contributed by atoms with Crippen molar-refractivity contribution >= 4 is 12.0 Å². The molecule has 2 aliphatic rings. The number of urea groups is 1. The van der Waals surface area contributed by atoms with E-state index in [0.717, 1.165) is 25.9 Å². The van der Waals surface area contributed by atoms with Crippen molar-refractivity contribution in [2.45, 2.75) is 33.1 Å². The van der Waals surface area contributed by atoms with Crippen molar-refractivity contribution in [1.82, 2.24) is 9.80 Å². The molecule has 18 heavy (non-hydrogen) atoms. The van der Waals surface area contributed by atoms with Gasteiger partial charge in [0.15, 0.2) is 0 Å². The molecule has 0 saturated carbocycles. The largest absolute Gasteiger partial charge is 0.481 e. The van der Waals surface area contributed by atoms with Crippen LogP contribution in [0.2, 0.25) is 0 Å². The van der Waals surface area contributed by atoms with Crippen molar-refractivity contribution in [3.63, 3.8) is 0 Å². The van der Waals surface area contributed by atoms with E-state index in [1.165, 1.54) is 0 Å². The number of carbonyl (C=O) groups is 2. The summed E-state index contributed by atoms with van der Waals surface area (Å²) in [6, 6.07) is 0.0199. The Labute approximate surface area is 108 Å². The van der Waals surface area contributed by atoms with Gasteiger partial charge in [-0.15, -0.1) is 0 Å². The second kappa shape index (κ2) is 4.78. The Morgan fingerprint density at radius 2 is 1.94 bits per heavy atom. The first-order chi connectivity index (χ1) is 8.39. The SMILES string of the molecule is CC1(C)CCN(C(=O)N2CCCC(C(=O)O)C2)C1. The maximum absolute atomic E-state index is 12.3. The Hall–Kier alpha value is -1.26. The maximum Gasteiger partial charge on any atom is 0.320 e. The highest BCUT2D eigenvalue weighted by atomic mass is 16.4. The predicted octanol–water partition coefficient (Wildman–Crippen LogP) is 1.63.